The van der Waals surface area contributed by atoms with Gasteiger partial charge in [0.05, 0.1) is 6.04 Å². The quantitative estimate of drug-likeness (QED) is 0.848. The van der Waals surface area contributed by atoms with Gasteiger partial charge >= 0.3 is 0 Å². The first kappa shape index (κ1) is 13.8. The van der Waals surface area contributed by atoms with E-state index in [1.807, 2.05) is 24.3 Å². The average molecular weight is 334 g/mol. The maximum Gasteiger partial charge on any atom is 0.129 e. The highest BCUT2D eigenvalue weighted by molar-refractivity contribution is 9.10. The smallest absolute Gasteiger partial charge is 0.129 e. The molecule has 2 aromatic carbocycles. The van der Waals surface area contributed by atoms with E-state index in [0.717, 1.165) is 10.0 Å². The maximum atomic E-state index is 14.1. The van der Waals surface area contributed by atoms with Crippen LogP contribution in [0.15, 0.2) is 46.9 Å². The Labute approximate surface area is 127 Å². The van der Waals surface area contributed by atoms with Crippen molar-refractivity contribution in [3.05, 3.63) is 69.4 Å². The van der Waals surface area contributed by atoms with Crippen molar-refractivity contribution >= 4 is 15.9 Å². The Hall–Kier alpha value is -1.19. The van der Waals surface area contributed by atoms with E-state index in [1.165, 1.54) is 30.9 Å². The second kappa shape index (κ2) is 5.66. The Bertz CT molecular complexity index is 602. The minimum Gasteiger partial charge on any atom is -0.320 e. The summed E-state index contributed by atoms with van der Waals surface area (Å²) in [5, 5.41) is 0. The van der Waals surface area contributed by atoms with Crippen LogP contribution in [0.5, 0.6) is 0 Å². The minimum absolute atomic E-state index is 0.254. The zero-order valence-electron chi connectivity index (χ0n) is 11.2. The molecular formula is C17H17BrFN. The van der Waals surface area contributed by atoms with E-state index in [-0.39, 0.29) is 5.82 Å². The van der Waals surface area contributed by atoms with Crippen molar-refractivity contribution in [2.75, 3.05) is 0 Å². The van der Waals surface area contributed by atoms with Crippen molar-refractivity contribution in [2.45, 2.75) is 31.2 Å². The second-order valence-electron chi connectivity index (χ2n) is 5.37. The molecule has 0 spiro atoms. The summed E-state index contributed by atoms with van der Waals surface area (Å²) in [6.45, 7) is 0. The van der Waals surface area contributed by atoms with Gasteiger partial charge in [0, 0.05) is 10.0 Å². The van der Waals surface area contributed by atoms with Gasteiger partial charge in [-0.05, 0) is 42.0 Å². The monoisotopic (exact) mass is 333 g/mol. The molecule has 0 bridgehead atoms. The molecule has 1 fully saturated rings. The SMILES string of the molecule is NC(c1ccccc1C1CCC1)c1c(F)cccc1Br. The van der Waals surface area contributed by atoms with Crippen molar-refractivity contribution in [1.29, 1.82) is 0 Å². The fourth-order valence-corrected chi connectivity index (χ4v) is 3.44. The van der Waals surface area contributed by atoms with Crippen LogP contribution in [-0.2, 0) is 0 Å². The molecule has 3 heteroatoms. The molecule has 1 nitrogen and oxygen atoms in total. The van der Waals surface area contributed by atoms with Crippen molar-refractivity contribution in [2.24, 2.45) is 5.73 Å². The average Bonchev–Trinajstić information content (AvgIpc) is 2.37. The van der Waals surface area contributed by atoms with Gasteiger partial charge in [-0.3, -0.25) is 0 Å². The highest BCUT2D eigenvalue weighted by Gasteiger charge is 2.26. The third-order valence-corrected chi connectivity index (χ3v) is 4.88. The van der Waals surface area contributed by atoms with E-state index in [1.54, 1.807) is 6.07 Å². The first-order valence-electron chi connectivity index (χ1n) is 6.97. The Morgan fingerprint density at radius 1 is 1.10 bits per heavy atom. The normalized spacial score (nSPS) is 16.8. The van der Waals surface area contributed by atoms with E-state index < -0.39 is 6.04 Å². The minimum atomic E-state index is -0.428. The first-order valence-corrected chi connectivity index (χ1v) is 7.76. The molecule has 0 amide bonds. The zero-order chi connectivity index (χ0) is 14.1. The van der Waals surface area contributed by atoms with Crippen LogP contribution in [0, 0.1) is 5.82 Å². The van der Waals surface area contributed by atoms with Crippen LogP contribution in [0.25, 0.3) is 0 Å². The number of halogens is 2. The van der Waals surface area contributed by atoms with Gasteiger partial charge in [0.2, 0.25) is 0 Å². The molecule has 0 aliphatic heterocycles. The molecule has 0 heterocycles. The molecule has 0 radical (unpaired) electrons. The van der Waals surface area contributed by atoms with Crippen molar-refractivity contribution < 1.29 is 4.39 Å². The van der Waals surface area contributed by atoms with Crippen molar-refractivity contribution in [3.8, 4) is 0 Å². The summed E-state index contributed by atoms with van der Waals surface area (Å²) in [4.78, 5) is 0. The van der Waals surface area contributed by atoms with E-state index in [0.29, 0.717) is 11.5 Å². The number of benzene rings is 2. The van der Waals surface area contributed by atoms with Crippen LogP contribution in [0.4, 0.5) is 4.39 Å². The van der Waals surface area contributed by atoms with Gasteiger partial charge in [0.25, 0.3) is 0 Å². The summed E-state index contributed by atoms with van der Waals surface area (Å²) < 4.78 is 14.8. The van der Waals surface area contributed by atoms with Gasteiger partial charge in [0.1, 0.15) is 5.82 Å². The van der Waals surface area contributed by atoms with Gasteiger partial charge in [-0.15, -0.1) is 0 Å². The molecule has 1 aliphatic rings. The summed E-state index contributed by atoms with van der Waals surface area (Å²) in [6.07, 6.45) is 3.70. The molecule has 1 unspecified atom stereocenters. The lowest BCUT2D eigenvalue weighted by atomic mass is 9.76. The van der Waals surface area contributed by atoms with E-state index >= 15 is 0 Å². The van der Waals surface area contributed by atoms with E-state index in [4.69, 9.17) is 5.73 Å². The molecule has 0 saturated heterocycles. The molecule has 104 valence electrons. The van der Waals surface area contributed by atoms with Gasteiger partial charge < -0.3 is 5.73 Å². The standard InChI is InChI=1S/C17H17BrFN/c18-14-9-4-10-15(19)16(14)17(20)13-8-2-1-7-12(13)11-5-3-6-11/h1-2,4,7-11,17H,3,5-6,20H2. The van der Waals surface area contributed by atoms with Crippen LogP contribution < -0.4 is 5.73 Å². The lowest BCUT2D eigenvalue weighted by molar-refractivity contribution is 0.416. The van der Waals surface area contributed by atoms with Crippen molar-refractivity contribution in [3.63, 3.8) is 0 Å². The van der Waals surface area contributed by atoms with Crippen LogP contribution >= 0.6 is 15.9 Å². The van der Waals surface area contributed by atoms with Gasteiger partial charge in [-0.1, -0.05) is 52.7 Å². The number of nitrogens with two attached hydrogens (primary N) is 1. The molecule has 3 rings (SSSR count). The highest BCUT2D eigenvalue weighted by Crippen LogP contribution is 2.41. The van der Waals surface area contributed by atoms with Crippen LogP contribution in [0.2, 0.25) is 0 Å². The summed E-state index contributed by atoms with van der Waals surface area (Å²) in [6, 6.07) is 12.7. The van der Waals surface area contributed by atoms with Gasteiger partial charge in [-0.2, -0.15) is 0 Å². The molecule has 2 aromatic rings. The fraction of sp³-hybridized carbons (Fsp3) is 0.294. The van der Waals surface area contributed by atoms with E-state index in [2.05, 4.69) is 22.0 Å². The molecule has 0 aromatic heterocycles. The molecule has 1 aliphatic carbocycles. The summed E-state index contributed by atoms with van der Waals surface area (Å²) in [5.74, 6) is 0.332. The third kappa shape index (κ3) is 2.40. The highest BCUT2D eigenvalue weighted by atomic mass is 79.9. The lowest BCUT2D eigenvalue weighted by Gasteiger charge is -2.30. The molecular weight excluding hydrogens is 317 g/mol. The van der Waals surface area contributed by atoms with Gasteiger partial charge in [0.15, 0.2) is 0 Å². The predicted molar refractivity (Wildman–Crippen MR) is 83.2 cm³/mol. The second-order valence-corrected chi connectivity index (χ2v) is 6.22. The summed E-state index contributed by atoms with van der Waals surface area (Å²) in [7, 11) is 0. The topological polar surface area (TPSA) is 26.0 Å². The molecule has 1 saturated carbocycles. The number of hydrogen-bond donors (Lipinski definition) is 1. The predicted octanol–water partition coefficient (Wildman–Crippen LogP) is 4.90. The lowest BCUT2D eigenvalue weighted by Crippen LogP contribution is -2.19. The fourth-order valence-electron chi connectivity index (χ4n) is 2.85. The molecule has 20 heavy (non-hydrogen) atoms. The Morgan fingerprint density at radius 3 is 2.50 bits per heavy atom. The Morgan fingerprint density at radius 2 is 1.85 bits per heavy atom. The van der Waals surface area contributed by atoms with E-state index in [9.17, 15) is 4.39 Å². The molecule has 1 atom stereocenters. The van der Waals surface area contributed by atoms with Crippen molar-refractivity contribution in [1.82, 2.24) is 0 Å². The third-order valence-electron chi connectivity index (χ3n) is 4.19. The van der Waals surface area contributed by atoms with Gasteiger partial charge in [-0.25, -0.2) is 4.39 Å². The van der Waals surface area contributed by atoms with Crippen LogP contribution in [0.3, 0.4) is 0 Å². The number of hydrogen-bond acceptors (Lipinski definition) is 1. The maximum absolute atomic E-state index is 14.1. The van der Waals surface area contributed by atoms with Crippen LogP contribution in [0.1, 0.15) is 47.9 Å². The largest absolute Gasteiger partial charge is 0.320 e. The summed E-state index contributed by atoms with van der Waals surface area (Å²) >= 11 is 3.42. The summed E-state index contributed by atoms with van der Waals surface area (Å²) in [5.41, 5.74) is 9.23. The Balaban J connectivity index is 2.04. The number of rotatable bonds is 3. The molecule has 2 N–H and O–H groups in total. The Kier molecular flexibility index (Phi) is 3.90. The zero-order valence-corrected chi connectivity index (χ0v) is 12.7. The first-order chi connectivity index (χ1) is 9.68. The van der Waals surface area contributed by atoms with Crippen LogP contribution in [-0.4, -0.2) is 0 Å².